The molecule has 0 radical (unpaired) electrons. The zero-order valence-electron chi connectivity index (χ0n) is 19.2. The molecule has 176 valence electrons. The molecule has 0 fully saturated rings. The number of nitrogens with zero attached hydrogens (tertiary/aromatic N) is 4. The van der Waals surface area contributed by atoms with Gasteiger partial charge in [0.2, 0.25) is 0 Å². The summed E-state index contributed by atoms with van der Waals surface area (Å²) in [5.74, 6) is 2.09. The quantitative estimate of drug-likeness (QED) is 0.450. The van der Waals surface area contributed by atoms with Crippen LogP contribution in [0.3, 0.4) is 0 Å². The summed E-state index contributed by atoms with van der Waals surface area (Å²) in [6, 6.07) is 8.54. The van der Waals surface area contributed by atoms with E-state index in [0.29, 0.717) is 42.5 Å². The molecule has 3 N–H and O–H groups in total. The summed E-state index contributed by atoms with van der Waals surface area (Å²) in [6.07, 6.45) is -2.06. The molecule has 0 unspecified atom stereocenters. The number of hydrogen-bond donors (Lipinski definition) is 2. The second kappa shape index (κ2) is 10.1. The second-order valence-corrected chi connectivity index (χ2v) is 8.10. The zero-order valence-corrected chi connectivity index (χ0v) is 19.2. The number of aryl methyl sites for hydroxylation is 1. The molecule has 0 aliphatic rings. The number of anilines is 4. The van der Waals surface area contributed by atoms with Crippen LogP contribution in [-0.2, 0) is 12.6 Å². The molecule has 1 aromatic carbocycles. The summed E-state index contributed by atoms with van der Waals surface area (Å²) in [5.41, 5.74) is 8.26. The van der Waals surface area contributed by atoms with Crippen molar-refractivity contribution in [2.75, 3.05) is 29.0 Å². The fraction of sp³-hybridized carbons (Fsp3) is 0.375. The third-order valence-corrected chi connectivity index (χ3v) is 5.35. The first-order chi connectivity index (χ1) is 15.6. The smallest absolute Gasteiger partial charge is 0.396 e. The van der Waals surface area contributed by atoms with Gasteiger partial charge < -0.3 is 16.0 Å². The van der Waals surface area contributed by atoms with Gasteiger partial charge in [-0.05, 0) is 56.7 Å². The van der Waals surface area contributed by atoms with Crippen LogP contribution in [0.25, 0.3) is 0 Å². The molecule has 0 aliphatic carbocycles. The van der Waals surface area contributed by atoms with Gasteiger partial charge in [0.15, 0.2) is 5.82 Å². The molecule has 0 atom stereocenters. The third-order valence-electron chi connectivity index (χ3n) is 5.35. The number of aromatic nitrogens is 3. The van der Waals surface area contributed by atoms with E-state index in [-0.39, 0.29) is 5.92 Å². The van der Waals surface area contributed by atoms with Gasteiger partial charge in [-0.1, -0.05) is 13.8 Å². The number of benzene rings is 1. The van der Waals surface area contributed by atoms with Crippen LogP contribution in [0.15, 0.2) is 42.6 Å². The summed E-state index contributed by atoms with van der Waals surface area (Å²) in [6.45, 7) is 9.29. The molecule has 0 aliphatic heterocycles. The molecule has 6 nitrogen and oxygen atoms in total. The van der Waals surface area contributed by atoms with Crippen molar-refractivity contribution >= 4 is 23.0 Å². The van der Waals surface area contributed by atoms with E-state index >= 15 is 0 Å². The van der Waals surface area contributed by atoms with Gasteiger partial charge in [-0.25, -0.2) is 15.0 Å². The number of nitrogen functional groups attached to an aromatic ring is 1. The fourth-order valence-electron chi connectivity index (χ4n) is 3.49. The molecule has 9 heteroatoms. The van der Waals surface area contributed by atoms with Gasteiger partial charge in [-0.3, -0.25) is 0 Å². The van der Waals surface area contributed by atoms with Crippen LogP contribution in [0.2, 0.25) is 0 Å². The Morgan fingerprint density at radius 3 is 2.36 bits per heavy atom. The largest absolute Gasteiger partial charge is 0.416 e. The number of nitrogens with two attached hydrogens (primary N) is 1. The maximum absolute atomic E-state index is 12.9. The Balaban J connectivity index is 1.90. The standard InChI is InChI=1S/C24H29F3N6/c1-5-33(23-20(28)7-6-13-29-23)14-12-19-16(4)30-21(15(2)3)32-22(19)31-18-10-8-17(9-11-18)24(25,26)27/h6-11,13,15H,5,12,14,28H2,1-4H3,(H,30,31,32). The average molecular weight is 459 g/mol. The van der Waals surface area contributed by atoms with Crippen molar-refractivity contribution in [3.63, 3.8) is 0 Å². The number of rotatable bonds is 8. The van der Waals surface area contributed by atoms with Crippen LogP contribution in [-0.4, -0.2) is 28.0 Å². The molecule has 2 heterocycles. The topological polar surface area (TPSA) is 80.0 Å². The van der Waals surface area contributed by atoms with E-state index in [1.54, 1.807) is 12.3 Å². The van der Waals surface area contributed by atoms with Crippen molar-refractivity contribution in [3.8, 4) is 0 Å². The number of alkyl halides is 3. The Bertz CT molecular complexity index is 1080. The molecule has 0 saturated carbocycles. The van der Waals surface area contributed by atoms with Crippen molar-refractivity contribution in [1.82, 2.24) is 15.0 Å². The van der Waals surface area contributed by atoms with Crippen molar-refractivity contribution in [1.29, 1.82) is 0 Å². The van der Waals surface area contributed by atoms with Gasteiger partial charge in [0, 0.05) is 42.1 Å². The molecular formula is C24H29F3N6. The van der Waals surface area contributed by atoms with Gasteiger partial charge in [0.1, 0.15) is 11.6 Å². The first-order valence-electron chi connectivity index (χ1n) is 10.9. The fourth-order valence-corrected chi connectivity index (χ4v) is 3.49. The molecular weight excluding hydrogens is 429 g/mol. The molecule has 0 spiro atoms. The predicted octanol–water partition coefficient (Wildman–Crippen LogP) is 5.72. The average Bonchev–Trinajstić information content (AvgIpc) is 2.76. The monoisotopic (exact) mass is 458 g/mol. The molecule has 0 saturated heterocycles. The first-order valence-corrected chi connectivity index (χ1v) is 10.9. The Morgan fingerprint density at radius 2 is 1.79 bits per heavy atom. The molecule has 3 rings (SSSR count). The Morgan fingerprint density at radius 1 is 1.09 bits per heavy atom. The van der Waals surface area contributed by atoms with Gasteiger partial charge in [0.05, 0.1) is 11.3 Å². The number of likely N-dealkylation sites (N-methyl/N-ethyl adjacent to an activating group) is 1. The maximum Gasteiger partial charge on any atom is 0.416 e. The SMILES string of the molecule is CCN(CCc1c(C)nc(C(C)C)nc1Nc1ccc(C(F)(F)F)cc1)c1ncccc1N. The van der Waals surface area contributed by atoms with Crippen LogP contribution in [0.4, 0.5) is 36.2 Å². The van der Waals surface area contributed by atoms with Gasteiger partial charge in [-0.15, -0.1) is 0 Å². The zero-order chi connectivity index (χ0) is 24.2. The predicted molar refractivity (Wildman–Crippen MR) is 126 cm³/mol. The Kier molecular flexibility index (Phi) is 7.40. The first kappa shape index (κ1) is 24.3. The lowest BCUT2D eigenvalue weighted by Crippen LogP contribution is -2.28. The van der Waals surface area contributed by atoms with E-state index in [1.807, 2.05) is 33.8 Å². The van der Waals surface area contributed by atoms with E-state index in [4.69, 9.17) is 10.7 Å². The molecule has 0 bridgehead atoms. The number of halogens is 3. The van der Waals surface area contributed by atoms with E-state index in [9.17, 15) is 13.2 Å². The van der Waals surface area contributed by atoms with Crippen molar-refractivity contribution in [3.05, 3.63) is 65.2 Å². The lowest BCUT2D eigenvalue weighted by molar-refractivity contribution is -0.137. The van der Waals surface area contributed by atoms with Crippen molar-refractivity contribution in [2.45, 2.75) is 46.2 Å². The highest BCUT2D eigenvalue weighted by atomic mass is 19.4. The summed E-state index contributed by atoms with van der Waals surface area (Å²) >= 11 is 0. The number of nitrogens with one attached hydrogen (secondary N) is 1. The normalized spacial score (nSPS) is 11.6. The van der Waals surface area contributed by atoms with Crippen LogP contribution < -0.4 is 16.0 Å². The van der Waals surface area contributed by atoms with Crippen LogP contribution >= 0.6 is 0 Å². The Labute approximate surface area is 192 Å². The highest BCUT2D eigenvalue weighted by Gasteiger charge is 2.30. The van der Waals surface area contributed by atoms with Crippen LogP contribution in [0, 0.1) is 6.92 Å². The van der Waals surface area contributed by atoms with Crippen molar-refractivity contribution in [2.24, 2.45) is 0 Å². The third kappa shape index (κ3) is 5.91. The Hall–Kier alpha value is -3.36. The lowest BCUT2D eigenvalue weighted by atomic mass is 10.1. The van der Waals surface area contributed by atoms with Gasteiger partial charge in [-0.2, -0.15) is 13.2 Å². The van der Waals surface area contributed by atoms with E-state index in [0.717, 1.165) is 29.2 Å². The number of hydrogen-bond acceptors (Lipinski definition) is 6. The van der Waals surface area contributed by atoms with Gasteiger partial charge >= 0.3 is 6.18 Å². The summed E-state index contributed by atoms with van der Waals surface area (Å²) in [7, 11) is 0. The minimum absolute atomic E-state index is 0.103. The van der Waals surface area contributed by atoms with E-state index in [2.05, 4.69) is 20.2 Å². The lowest BCUT2D eigenvalue weighted by Gasteiger charge is -2.24. The molecule has 2 aromatic heterocycles. The highest BCUT2D eigenvalue weighted by Crippen LogP contribution is 2.31. The minimum Gasteiger partial charge on any atom is -0.396 e. The van der Waals surface area contributed by atoms with E-state index < -0.39 is 11.7 Å². The minimum atomic E-state index is -4.38. The molecule has 33 heavy (non-hydrogen) atoms. The molecule has 3 aromatic rings. The second-order valence-electron chi connectivity index (χ2n) is 8.10. The van der Waals surface area contributed by atoms with Gasteiger partial charge in [0.25, 0.3) is 0 Å². The van der Waals surface area contributed by atoms with E-state index in [1.165, 1.54) is 12.1 Å². The summed E-state index contributed by atoms with van der Waals surface area (Å²) < 4.78 is 38.8. The van der Waals surface area contributed by atoms with Crippen LogP contribution in [0.5, 0.6) is 0 Å². The highest BCUT2D eigenvalue weighted by molar-refractivity contribution is 5.63. The summed E-state index contributed by atoms with van der Waals surface area (Å²) in [5, 5.41) is 3.20. The van der Waals surface area contributed by atoms with Crippen molar-refractivity contribution < 1.29 is 13.2 Å². The molecule has 0 amide bonds. The summed E-state index contributed by atoms with van der Waals surface area (Å²) in [4.78, 5) is 15.8. The number of pyridine rings is 1. The van der Waals surface area contributed by atoms with Crippen LogP contribution in [0.1, 0.15) is 49.3 Å². The maximum atomic E-state index is 12.9.